The number of thioether (sulfide) groups is 4. The van der Waals surface area contributed by atoms with Crippen LogP contribution in [0.4, 0.5) is 0 Å². The molecular weight excluding hydrogens is 312 g/mol. The van der Waals surface area contributed by atoms with Gasteiger partial charge in [-0.3, -0.25) is 4.79 Å². The molecule has 0 spiro atoms. The Morgan fingerprint density at radius 3 is 2.89 bits per heavy atom. The molecule has 1 unspecified atom stereocenters. The molecule has 1 heterocycles. The summed E-state index contributed by atoms with van der Waals surface area (Å²) in [7, 11) is 0. The van der Waals surface area contributed by atoms with Gasteiger partial charge in [0.2, 0.25) is 5.12 Å². The van der Waals surface area contributed by atoms with Crippen LogP contribution < -0.4 is 0 Å². The number of benzene rings is 1. The first kappa shape index (κ1) is 15.2. The Morgan fingerprint density at radius 1 is 1.37 bits per heavy atom. The predicted molar refractivity (Wildman–Crippen MR) is 92.6 cm³/mol. The zero-order chi connectivity index (χ0) is 13.5. The summed E-state index contributed by atoms with van der Waals surface area (Å²) in [5, 5.41) is 3.09. The lowest BCUT2D eigenvalue weighted by Gasteiger charge is -2.08. The summed E-state index contributed by atoms with van der Waals surface area (Å²) in [6.45, 7) is 3.46. The van der Waals surface area contributed by atoms with Gasteiger partial charge in [0.05, 0.1) is 4.58 Å². The minimum absolute atomic E-state index is 0.0529. The first-order valence-corrected chi connectivity index (χ1v) is 9.69. The van der Waals surface area contributed by atoms with Gasteiger partial charge in [-0.1, -0.05) is 48.7 Å². The highest BCUT2D eigenvalue weighted by atomic mass is 32.2. The molecule has 0 saturated carbocycles. The van der Waals surface area contributed by atoms with Gasteiger partial charge in [0.1, 0.15) is 0 Å². The second-order valence-corrected chi connectivity index (χ2v) is 8.55. The molecule has 19 heavy (non-hydrogen) atoms. The summed E-state index contributed by atoms with van der Waals surface area (Å²) in [4.78, 5) is 12.5. The summed E-state index contributed by atoms with van der Waals surface area (Å²) < 4.78 is 0.485. The molecular formula is C14H14OS4. The maximum Gasteiger partial charge on any atom is 0.212 e. The van der Waals surface area contributed by atoms with Gasteiger partial charge in [0, 0.05) is 15.7 Å². The topological polar surface area (TPSA) is 17.1 Å². The summed E-state index contributed by atoms with van der Waals surface area (Å²) >= 11 is 6.89. The third-order valence-electron chi connectivity index (χ3n) is 2.35. The van der Waals surface area contributed by atoms with E-state index in [0.29, 0.717) is 4.58 Å². The van der Waals surface area contributed by atoms with Crippen LogP contribution in [0.1, 0.15) is 10.1 Å². The highest BCUT2D eigenvalue weighted by Crippen LogP contribution is 2.51. The number of carbonyl (C=O) groups excluding carboxylic acids is 1. The van der Waals surface area contributed by atoms with Crippen LogP contribution in [0, 0.1) is 0 Å². The molecule has 5 heteroatoms. The van der Waals surface area contributed by atoms with Gasteiger partial charge >= 0.3 is 0 Å². The lowest BCUT2D eigenvalue weighted by atomic mass is 10.2. The van der Waals surface area contributed by atoms with Gasteiger partial charge in [-0.15, -0.1) is 35.3 Å². The van der Waals surface area contributed by atoms with Crippen LogP contribution in [-0.4, -0.2) is 16.0 Å². The lowest BCUT2D eigenvalue weighted by molar-refractivity contribution is -0.107. The van der Waals surface area contributed by atoms with E-state index in [1.165, 1.54) is 28.3 Å². The molecule has 1 atom stereocenters. The van der Waals surface area contributed by atoms with Crippen molar-refractivity contribution in [1.29, 1.82) is 0 Å². The maximum atomic E-state index is 11.1. The lowest BCUT2D eigenvalue weighted by Crippen LogP contribution is -1.87. The van der Waals surface area contributed by atoms with Gasteiger partial charge in [0.25, 0.3) is 0 Å². The van der Waals surface area contributed by atoms with Crippen LogP contribution in [0.25, 0.3) is 0 Å². The number of hydrogen-bond donors (Lipinski definition) is 0. The van der Waals surface area contributed by atoms with E-state index in [1.54, 1.807) is 11.8 Å². The van der Waals surface area contributed by atoms with Crippen LogP contribution in [0.5, 0.6) is 0 Å². The molecule has 0 amide bonds. The normalized spacial score (nSPS) is 18.1. The Balaban J connectivity index is 1.70. The third kappa shape index (κ3) is 4.99. The standard InChI is InChI=1S/C14H14OS4/c1-2-13(15)18-10-16-8-12-9-17-14(19-12)11-6-4-3-5-7-11/h2-7,9,14H,1,8,10H2. The summed E-state index contributed by atoms with van der Waals surface area (Å²) in [5.74, 6) is 0.985. The molecule has 1 aliphatic heterocycles. The second kappa shape index (κ2) is 8.15. The SMILES string of the molecule is C=CC(=O)SCSCC1=CSC(c2ccccc2)S1. The molecule has 0 aromatic heterocycles. The third-order valence-corrected chi connectivity index (χ3v) is 7.40. The largest absolute Gasteiger partial charge is 0.282 e. The van der Waals surface area contributed by atoms with Crippen molar-refractivity contribution in [2.75, 3.05) is 10.8 Å². The quantitative estimate of drug-likeness (QED) is 0.407. The summed E-state index contributed by atoms with van der Waals surface area (Å²) in [5.41, 5.74) is 1.37. The van der Waals surface area contributed by atoms with E-state index in [-0.39, 0.29) is 5.12 Å². The van der Waals surface area contributed by atoms with E-state index in [2.05, 4.69) is 36.3 Å². The van der Waals surface area contributed by atoms with E-state index in [9.17, 15) is 4.79 Å². The smallest absolute Gasteiger partial charge is 0.212 e. The molecule has 1 aromatic rings. The van der Waals surface area contributed by atoms with Crippen molar-refractivity contribution in [3.63, 3.8) is 0 Å². The van der Waals surface area contributed by atoms with Crippen LogP contribution in [-0.2, 0) is 4.79 Å². The van der Waals surface area contributed by atoms with Crippen molar-refractivity contribution in [1.82, 2.24) is 0 Å². The minimum Gasteiger partial charge on any atom is -0.282 e. The minimum atomic E-state index is 0.0529. The highest BCUT2D eigenvalue weighted by molar-refractivity contribution is 8.25. The molecule has 0 N–H and O–H groups in total. The Morgan fingerprint density at radius 2 is 2.16 bits per heavy atom. The molecule has 1 aliphatic rings. The molecule has 2 rings (SSSR count). The van der Waals surface area contributed by atoms with E-state index >= 15 is 0 Å². The van der Waals surface area contributed by atoms with Gasteiger partial charge < -0.3 is 0 Å². The van der Waals surface area contributed by atoms with Crippen molar-refractivity contribution >= 4 is 52.2 Å². The fourth-order valence-electron chi connectivity index (χ4n) is 1.46. The predicted octanol–water partition coefficient (Wildman–Crippen LogP) is 5.14. The van der Waals surface area contributed by atoms with Crippen molar-refractivity contribution in [3.05, 3.63) is 58.9 Å². The van der Waals surface area contributed by atoms with E-state index < -0.39 is 0 Å². The van der Waals surface area contributed by atoms with Crippen molar-refractivity contribution in [2.24, 2.45) is 0 Å². The van der Waals surface area contributed by atoms with Gasteiger partial charge in [-0.2, -0.15) is 0 Å². The van der Waals surface area contributed by atoms with E-state index in [4.69, 9.17) is 0 Å². The van der Waals surface area contributed by atoms with Gasteiger partial charge in [0.15, 0.2) is 0 Å². The van der Waals surface area contributed by atoms with Crippen LogP contribution in [0.3, 0.4) is 0 Å². The Kier molecular flexibility index (Phi) is 6.50. The summed E-state index contributed by atoms with van der Waals surface area (Å²) in [6.07, 6.45) is 1.37. The average Bonchev–Trinajstić information content (AvgIpc) is 2.93. The monoisotopic (exact) mass is 326 g/mol. The Hall–Kier alpha value is -0.230. The molecule has 0 aliphatic carbocycles. The molecule has 100 valence electrons. The summed E-state index contributed by atoms with van der Waals surface area (Å²) in [6, 6.07) is 10.6. The number of carbonyl (C=O) groups is 1. The number of rotatable bonds is 6. The molecule has 1 aromatic carbocycles. The molecule has 0 radical (unpaired) electrons. The first-order chi connectivity index (χ1) is 9.29. The van der Waals surface area contributed by atoms with Gasteiger partial charge in [-0.05, 0) is 17.0 Å². The zero-order valence-electron chi connectivity index (χ0n) is 10.3. The fraction of sp³-hybridized carbons (Fsp3) is 0.214. The second-order valence-electron chi connectivity index (χ2n) is 3.71. The maximum absolute atomic E-state index is 11.1. The van der Waals surface area contributed by atoms with E-state index in [1.807, 2.05) is 29.6 Å². The van der Waals surface area contributed by atoms with Crippen molar-refractivity contribution in [3.8, 4) is 0 Å². The van der Waals surface area contributed by atoms with Crippen LogP contribution >= 0.6 is 47.0 Å². The fourth-order valence-corrected chi connectivity index (χ4v) is 6.01. The van der Waals surface area contributed by atoms with Crippen molar-refractivity contribution < 1.29 is 4.79 Å². The highest BCUT2D eigenvalue weighted by Gasteiger charge is 2.19. The van der Waals surface area contributed by atoms with Gasteiger partial charge in [-0.25, -0.2) is 0 Å². The van der Waals surface area contributed by atoms with E-state index in [0.717, 1.165) is 10.8 Å². The molecule has 0 bridgehead atoms. The first-order valence-electron chi connectivity index (χ1n) is 5.72. The Bertz CT molecular complexity index is 470. The molecule has 1 nitrogen and oxygen atoms in total. The van der Waals surface area contributed by atoms with Crippen LogP contribution in [0.15, 0.2) is 53.3 Å². The number of hydrogen-bond acceptors (Lipinski definition) is 5. The molecule has 0 fully saturated rings. The molecule has 0 saturated heterocycles. The van der Waals surface area contributed by atoms with Crippen molar-refractivity contribution in [2.45, 2.75) is 4.58 Å². The zero-order valence-corrected chi connectivity index (χ0v) is 13.5. The Labute approximate surface area is 131 Å². The van der Waals surface area contributed by atoms with Crippen LogP contribution in [0.2, 0.25) is 0 Å². The average molecular weight is 327 g/mol.